The molecular formula is C24H26N4O2. The molecule has 4 rings (SSSR count). The second-order valence-electron chi connectivity index (χ2n) is 7.54. The van der Waals surface area contributed by atoms with Gasteiger partial charge in [-0.1, -0.05) is 18.2 Å². The quantitative estimate of drug-likeness (QED) is 0.660. The average molecular weight is 402 g/mol. The van der Waals surface area contributed by atoms with Crippen LogP contribution in [0.15, 0.2) is 60.8 Å². The molecule has 0 spiro atoms. The fourth-order valence-electron chi connectivity index (χ4n) is 3.95. The number of hydrogen-bond acceptors (Lipinski definition) is 5. The number of rotatable bonds is 6. The van der Waals surface area contributed by atoms with E-state index >= 15 is 0 Å². The van der Waals surface area contributed by atoms with Crippen LogP contribution in [-0.2, 0) is 11.2 Å². The van der Waals surface area contributed by atoms with Crippen molar-refractivity contribution in [1.29, 1.82) is 0 Å². The van der Waals surface area contributed by atoms with E-state index in [1.807, 2.05) is 66.4 Å². The molecule has 0 unspecified atom stereocenters. The van der Waals surface area contributed by atoms with Crippen molar-refractivity contribution in [3.63, 3.8) is 0 Å². The van der Waals surface area contributed by atoms with Crippen LogP contribution in [0.1, 0.15) is 35.8 Å². The number of benzene rings is 1. The number of nitrogens with zero attached hydrogens (tertiary/aromatic N) is 3. The predicted octanol–water partition coefficient (Wildman–Crippen LogP) is 4.44. The van der Waals surface area contributed by atoms with Gasteiger partial charge < -0.3 is 15.0 Å². The van der Waals surface area contributed by atoms with Crippen molar-refractivity contribution in [2.24, 2.45) is 0 Å². The van der Waals surface area contributed by atoms with Gasteiger partial charge in [0.25, 0.3) is 0 Å². The van der Waals surface area contributed by atoms with Crippen molar-refractivity contribution in [1.82, 2.24) is 14.9 Å². The Bertz CT molecular complexity index is 1020. The van der Waals surface area contributed by atoms with Gasteiger partial charge >= 0.3 is 0 Å². The highest BCUT2D eigenvalue weighted by Gasteiger charge is 2.31. The van der Waals surface area contributed by atoms with Crippen LogP contribution in [0.25, 0.3) is 0 Å². The van der Waals surface area contributed by atoms with Crippen LogP contribution in [-0.4, -0.2) is 34.4 Å². The summed E-state index contributed by atoms with van der Waals surface area (Å²) in [6.45, 7) is 2.73. The molecule has 1 N–H and O–H groups in total. The zero-order valence-corrected chi connectivity index (χ0v) is 17.3. The van der Waals surface area contributed by atoms with Crippen molar-refractivity contribution in [2.75, 3.05) is 19.0 Å². The Morgan fingerprint density at radius 3 is 2.90 bits per heavy atom. The lowest BCUT2D eigenvalue weighted by atomic mass is 10.1. The van der Waals surface area contributed by atoms with Gasteiger partial charge in [-0.2, -0.15) is 0 Å². The highest BCUT2D eigenvalue weighted by molar-refractivity contribution is 5.79. The number of hydrogen-bond donors (Lipinski definition) is 1. The number of methoxy groups -OCH3 is 1. The zero-order valence-electron chi connectivity index (χ0n) is 17.3. The average Bonchev–Trinajstić information content (AvgIpc) is 3.24. The fourth-order valence-corrected chi connectivity index (χ4v) is 3.95. The number of likely N-dealkylation sites (tertiary alicyclic amines) is 1. The Morgan fingerprint density at radius 1 is 1.20 bits per heavy atom. The van der Waals surface area contributed by atoms with Crippen LogP contribution in [0.5, 0.6) is 5.75 Å². The molecular weight excluding hydrogens is 376 g/mol. The first-order chi connectivity index (χ1) is 14.6. The first-order valence-electron chi connectivity index (χ1n) is 10.2. The molecule has 1 aliphatic rings. The molecule has 1 aromatic carbocycles. The summed E-state index contributed by atoms with van der Waals surface area (Å²) < 4.78 is 5.28. The number of nitrogens with one attached hydrogen (secondary N) is 1. The second-order valence-corrected chi connectivity index (χ2v) is 7.54. The molecule has 1 atom stereocenters. The molecule has 0 saturated carbocycles. The van der Waals surface area contributed by atoms with Gasteiger partial charge in [0.1, 0.15) is 11.6 Å². The third-order valence-corrected chi connectivity index (χ3v) is 5.31. The number of amides is 1. The topological polar surface area (TPSA) is 67.3 Å². The van der Waals surface area contributed by atoms with E-state index in [-0.39, 0.29) is 11.9 Å². The van der Waals surface area contributed by atoms with E-state index in [1.165, 1.54) is 0 Å². The molecule has 2 aromatic heterocycles. The summed E-state index contributed by atoms with van der Waals surface area (Å²) in [7, 11) is 1.64. The van der Waals surface area contributed by atoms with Gasteiger partial charge in [-0.25, -0.2) is 4.98 Å². The maximum Gasteiger partial charge on any atom is 0.227 e. The van der Waals surface area contributed by atoms with Gasteiger partial charge in [0.15, 0.2) is 0 Å². The molecule has 6 nitrogen and oxygen atoms in total. The SMILES string of the molecule is COc1cccc(CC(=O)N2CCC[C@@H]2c2cc(Nc3ccccn3)cc(C)n2)c1. The monoisotopic (exact) mass is 402 g/mol. The molecule has 3 aromatic rings. The second kappa shape index (κ2) is 8.95. The molecule has 0 bridgehead atoms. The van der Waals surface area contributed by atoms with E-state index in [0.717, 1.165) is 53.6 Å². The Labute approximate surface area is 176 Å². The summed E-state index contributed by atoms with van der Waals surface area (Å²) in [6.07, 6.45) is 4.02. The molecule has 0 radical (unpaired) electrons. The van der Waals surface area contributed by atoms with Crippen molar-refractivity contribution < 1.29 is 9.53 Å². The number of ether oxygens (including phenoxy) is 1. The van der Waals surface area contributed by atoms with Crippen LogP contribution < -0.4 is 10.1 Å². The van der Waals surface area contributed by atoms with Crippen molar-refractivity contribution in [2.45, 2.75) is 32.2 Å². The number of pyridine rings is 2. The maximum absolute atomic E-state index is 13.1. The first kappa shape index (κ1) is 19.9. The van der Waals surface area contributed by atoms with Crippen LogP contribution in [0.4, 0.5) is 11.5 Å². The number of carbonyl (C=O) groups is 1. The van der Waals surface area contributed by atoms with Crippen molar-refractivity contribution in [3.05, 3.63) is 77.7 Å². The van der Waals surface area contributed by atoms with Gasteiger partial charge in [0.05, 0.1) is 25.3 Å². The third kappa shape index (κ3) is 4.59. The van der Waals surface area contributed by atoms with E-state index < -0.39 is 0 Å². The number of aryl methyl sites for hydroxylation is 1. The summed E-state index contributed by atoms with van der Waals surface area (Å²) >= 11 is 0. The van der Waals surface area contributed by atoms with Crippen molar-refractivity contribution >= 4 is 17.4 Å². The lowest BCUT2D eigenvalue weighted by Gasteiger charge is -2.25. The highest BCUT2D eigenvalue weighted by atomic mass is 16.5. The summed E-state index contributed by atoms with van der Waals surface area (Å²) in [5.41, 5.74) is 3.73. The predicted molar refractivity (Wildman–Crippen MR) is 117 cm³/mol. The highest BCUT2D eigenvalue weighted by Crippen LogP contribution is 2.33. The largest absolute Gasteiger partial charge is 0.497 e. The van der Waals surface area contributed by atoms with Gasteiger partial charge in [-0.3, -0.25) is 9.78 Å². The summed E-state index contributed by atoms with van der Waals surface area (Å²) in [5.74, 6) is 1.67. The minimum Gasteiger partial charge on any atom is -0.497 e. The standard InChI is InChI=1S/C24H26N4O2/c1-17-13-19(27-23-10-3-4-11-25-23)16-21(26-17)22-9-6-12-28(22)24(29)15-18-7-5-8-20(14-18)30-2/h3-5,7-8,10-11,13-14,16,22H,6,9,12,15H2,1-2H3,(H,25,26,27)/t22-/m1/s1. The molecule has 1 saturated heterocycles. The normalized spacial score (nSPS) is 15.8. The third-order valence-electron chi connectivity index (χ3n) is 5.31. The zero-order chi connectivity index (χ0) is 20.9. The Balaban J connectivity index is 1.53. The summed E-state index contributed by atoms with van der Waals surface area (Å²) in [4.78, 5) is 24.1. The summed E-state index contributed by atoms with van der Waals surface area (Å²) in [5, 5.41) is 3.34. The summed E-state index contributed by atoms with van der Waals surface area (Å²) in [6, 6.07) is 17.5. The minimum atomic E-state index is -0.00714. The lowest BCUT2D eigenvalue weighted by molar-refractivity contribution is -0.131. The molecule has 6 heteroatoms. The van der Waals surface area contributed by atoms with Gasteiger partial charge in [0.2, 0.25) is 5.91 Å². The fraction of sp³-hybridized carbons (Fsp3) is 0.292. The Morgan fingerprint density at radius 2 is 2.10 bits per heavy atom. The Hall–Kier alpha value is -3.41. The number of aromatic nitrogens is 2. The van der Waals surface area contributed by atoms with Gasteiger partial charge in [-0.05, 0) is 61.7 Å². The Kier molecular flexibility index (Phi) is 5.93. The molecule has 1 amide bonds. The smallest absolute Gasteiger partial charge is 0.227 e. The molecule has 30 heavy (non-hydrogen) atoms. The molecule has 1 fully saturated rings. The number of anilines is 2. The van der Waals surface area contributed by atoms with Crippen molar-refractivity contribution in [3.8, 4) is 5.75 Å². The maximum atomic E-state index is 13.1. The first-order valence-corrected chi connectivity index (χ1v) is 10.2. The van der Waals surface area contributed by atoms with E-state index in [0.29, 0.717) is 6.42 Å². The molecule has 3 heterocycles. The van der Waals surface area contributed by atoms with Gasteiger partial charge in [0, 0.05) is 24.1 Å². The molecule has 0 aliphatic carbocycles. The van der Waals surface area contributed by atoms with Crippen LogP contribution in [0.3, 0.4) is 0 Å². The van der Waals surface area contributed by atoms with E-state index in [1.54, 1.807) is 13.3 Å². The van der Waals surface area contributed by atoms with E-state index in [2.05, 4.69) is 10.3 Å². The van der Waals surface area contributed by atoms with Crippen LogP contribution in [0, 0.1) is 6.92 Å². The van der Waals surface area contributed by atoms with E-state index in [9.17, 15) is 4.79 Å². The van der Waals surface area contributed by atoms with Crippen LogP contribution in [0.2, 0.25) is 0 Å². The van der Waals surface area contributed by atoms with Crippen LogP contribution >= 0.6 is 0 Å². The van der Waals surface area contributed by atoms with E-state index in [4.69, 9.17) is 9.72 Å². The number of carbonyl (C=O) groups excluding carboxylic acids is 1. The molecule has 1 aliphatic heterocycles. The molecule has 154 valence electrons. The van der Waals surface area contributed by atoms with Gasteiger partial charge in [-0.15, -0.1) is 0 Å². The lowest BCUT2D eigenvalue weighted by Crippen LogP contribution is -2.32. The minimum absolute atomic E-state index is 0.00714.